The van der Waals surface area contributed by atoms with E-state index < -0.39 is 11.9 Å². The van der Waals surface area contributed by atoms with Crippen LogP contribution in [0.3, 0.4) is 0 Å². The van der Waals surface area contributed by atoms with Gasteiger partial charge in [0, 0.05) is 45.9 Å². The molecule has 0 bridgehead atoms. The quantitative estimate of drug-likeness (QED) is 0.129. The topological polar surface area (TPSA) is 140 Å². The van der Waals surface area contributed by atoms with E-state index in [1.165, 1.54) is 24.0 Å². The number of aromatic hydroxyl groups is 2. The van der Waals surface area contributed by atoms with Gasteiger partial charge in [0.05, 0.1) is 12.1 Å². The number of hydrogen-bond donors (Lipinski definition) is 4. The first-order chi connectivity index (χ1) is 20.4. The first-order valence-corrected chi connectivity index (χ1v) is 15.7. The molecule has 2 unspecified atom stereocenters. The van der Waals surface area contributed by atoms with Crippen LogP contribution in [-0.4, -0.2) is 56.9 Å². The Morgan fingerprint density at radius 3 is 1.76 bits per heavy atom. The van der Waals surface area contributed by atoms with Crippen molar-refractivity contribution in [3.05, 3.63) is 57.6 Å². The van der Waals surface area contributed by atoms with Crippen molar-refractivity contribution in [2.75, 3.05) is 0 Å². The minimum atomic E-state index is -1.82. The maximum atomic E-state index is 11.2. The van der Waals surface area contributed by atoms with E-state index in [0.717, 1.165) is 60.8 Å². The van der Waals surface area contributed by atoms with Crippen molar-refractivity contribution < 1.29 is 46.8 Å². The molecule has 0 heterocycles. The van der Waals surface area contributed by atoms with Gasteiger partial charge in [-0.2, -0.15) is 0 Å². The van der Waals surface area contributed by atoms with Gasteiger partial charge >= 0.3 is 11.9 Å². The number of aliphatic imine (C=N–C) groups is 2. The number of unbranched alkanes of at least 4 members (excludes halogenated alkanes) is 2. The van der Waals surface area contributed by atoms with Crippen molar-refractivity contribution in [2.45, 2.75) is 130 Å². The zero-order valence-electron chi connectivity index (χ0n) is 28.1. The second-order valence-corrected chi connectivity index (χ2v) is 13.9. The van der Waals surface area contributed by atoms with Gasteiger partial charge in [-0.1, -0.05) is 86.3 Å². The molecule has 251 valence electrons. The zero-order valence-corrected chi connectivity index (χ0v) is 29.1. The first kappa shape index (κ1) is 39.9. The van der Waals surface area contributed by atoms with Crippen LogP contribution in [-0.2, 0) is 43.6 Å². The van der Waals surface area contributed by atoms with Gasteiger partial charge in [-0.3, -0.25) is 9.98 Å². The molecule has 45 heavy (non-hydrogen) atoms. The van der Waals surface area contributed by atoms with E-state index in [-0.39, 0.29) is 39.7 Å². The number of aryl methyl sites for hydroxylation is 2. The Morgan fingerprint density at radius 2 is 1.31 bits per heavy atom. The number of carbonyl (C=O) groups is 2. The molecule has 8 nitrogen and oxygen atoms in total. The van der Waals surface area contributed by atoms with Crippen LogP contribution in [0.25, 0.3) is 0 Å². The van der Waals surface area contributed by atoms with Gasteiger partial charge in [0.2, 0.25) is 0 Å². The summed E-state index contributed by atoms with van der Waals surface area (Å²) in [4.78, 5) is 28.2. The van der Waals surface area contributed by atoms with Crippen molar-refractivity contribution in [3.8, 4) is 11.5 Å². The van der Waals surface area contributed by atoms with Crippen molar-refractivity contribution >= 4 is 24.4 Å². The molecule has 4 N–H and O–H groups in total. The van der Waals surface area contributed by atoms with Gasteiger partial charge in [0.25, 0.3) is 0 Å². The summed E-state index contributed by atoms with van der Waals surface area (Å²) < 4.78 is 0. The molecular formula is C36H52CoN2O6. The van der Waals surface area contributed by atoms with E-state index in [1.807, 2.05) is 19.4 Å². The minimum Gasteiger partial charge on any atom is -0.507 e. The molecule has 1 aliphatic rings. The largest absolute Gasteiger partial charge is 0.507 e. The number of carboxylic acid groups (broad SMARTS) is 2. The third-order valence-electron chi connectivity index (χ3n) is 7.96. The van der Waals surface area contributed by atoms with Crippen LogP contribution in [0.1, 0.15) is 127 Å². The number of phenols is 2. The van der Waals surface area contributed by atoms with Crippen molar-refractivity contribution in [1.29, 1.82) is 0 Å². The molecular weight excluding hydrogens is 615 g/mol. The average molecular weight is 668 g/mol. The summed E-state index contributed by atoms with van der Waals surface area (Å²) in [7, 11) is 0. The Labute approximate surface area is 279 Å². The molecule has 2 aromatic rings. The SMILES string of the molecule is CCCCCc1cc(C)c(O)c(C=NC2CCCCC2N=Cc2cc(C(C)(C)C)cc(C(C)(C)C)c2O)c1.O=C(O)C(=O)O.[Co]. The molecule has 0 aromatic heterocycles. The number of benzene rings is 2. The molecule has 0 amide bonds. The van der Waals surface area contributed by atoms with Crippen LogP contribution in [0.4, 0.5) is 0 Å². The van der Waals surface area contributed by atoms with E-state index in [9.17, 15) is 10.2 Å². The second kappa shape index (κ2) is 17.5. The van der Waals surface area contributed by atoms with Gasteiger partial charge in [-0.05, 0) is 72.3 Å². The van der Waals surface area contributed by atoms with Crippen LogP contribution < -0.4 is 0 Å². The first-order valence-electron chi connectivity index (χ1n) is 15.7. The Hall–Kier alpha value is -3.17. The predicted molar refractivity (Wildman–Crippen MR) is 178 cm³/mol. The fraction of sp³-hybridized carbons (Fsp3) is 0.556. The van der Waals surface area contributed by atoms with Crippen molar-refractivity contribution in [1.82, 2.24) is 0 Å². The van der Waals surface area contributed by atoms with Crippen molar-refractivity contribution in [2.24, 2.45) is 9.98 Å². The van der Waals surface area contributed by atoms with Crippen LogP contribution in [0.5, 0.6) is 11.5 Å². The summed E-state index contributed by atoms with van der Waals surface area (Å²) in [5.74, 6) is -3.00. The molecule has 1 radical (unpaired) electrons. The molecule has 2 aromatic carbocycles. The van der Waals surface area contributed by atoms with Crippen LogP contribution in [0.15, 0.2) is 34.3 Å². The molecule has 3 rings (SSSR count). The Morgan fingerprint density at radius 1 is 0.800 bits per heavy atom. The monoisotopic (exact) mass is 667 g/mol. The number of aliphatic carboxylic acids is 2. The van der Waals surface area contributed by atoms with Gasteiger partial charge < -0.3 is 20.4 Å². The molecule has 0 saturated heterocycles. The normalized spacial score (nSPS) is 17.1. The van der Waals surface area contributed by atoms with Gasteiger partial charge in [0.1, 0.15) is 11.5 Å². The van der Waals surface area contributed by atoms with Crippen LogP contribution in [0, 0.1) is 6.92 Å². The van der Waals surface area contributed by atoms with E-state index in [2.05, 4.69) is 72.7 Å². The van der Waals surface area contributed by atoms with E-state index in [0.29, 0.717) is 11.5 Å². The Bertz CT molecular complexity index is 1340. The number of hydrogen-bond acceptors (Lipinski definition) is 6. The average Bonchev–Trinajstić information content (AvgIpc) is 2.93. The Kier molecular flexibility index (Phi) is 15.5. The molecule has 0 aliphatic heterocycles. The standard InChI is InChI=1S/C34H50N2O2.C2H2O4.Co/c1-9-10-11-14-24-17-23(2)31(37)25(18-24)21-35-29-15-12-13-16-30(29)36-22-26-19-27(33(3,4)5)20-28(32(26)38)34(6,7)8;3-1(4)2(5)6;/h17-22,29-30,37-38H,9-16H2,1-8H3;(H,3,4)(H,5,6);. The van der Waals surface area contributed by atoms with E-state index in [1.54, 1.807) is 0 Å². The fourth-order valence-electron chi connectivity index (χ4n) is 5.26. The van der Waals surface area contributed by atoms with E-state index >= 15 is 0 Å². The minimum absolute atomic E-state index is 0. The smallest absolute Gasteiger partial charge is 0.414 e. The number of carboxylic acids is 2. The maximum absolute atomic E-state index is 11.2. The molecule has 1 fully saturated rings. The third-order valence-corrected chi connectivity index (χ3v) is 7.96. The summed E-state index contributed by atoms with van der Waals surface area (Å²) in [6.07, 6.45) is 12.6. The summed E-state index contributed by atoms with van der Waals surface area (Å²) in [5, 5.41) is 36.7. The van der Waals surface area contributed by atoms with Crippen LogP contribution in [0.2, 0.25) is 0 Å². The van der Waals surface area contributed by atoms with Crippen LogP contribution >= 0.6 is 0 Å². The summed E-state index contributed by atoms with van der Waals surface area (Å²) in [5.41, 5.74) is 5.70. The molecule has 0 spiro atoms. The molecule has 2 atom stereocenters. The number of nitrogens with zero attached hydrogens (tertiary/aromatic N) is 2. The predicted octanol–water partition coefficient (Wildman–Crippen LogP) is 7.74. The Balaban J connectivity index is 0.00000131. The van der Waals surface area contributed by atoms with E-state index in [4.69, 9.17) is 29.8 Å². The van der Waals surface area contributed by atoms with Crippen molar-refractivity contribution in [3.63, 3.8) is 0 Å². The van der Waals surface area contributed by atoms with Gasteiger partial charge in [-0.25, -0.2) is 9.59 Å². The molecule has 1 aliphatic carbocycles. The zero-order chi connectivity index (χ0) is 33.2. The summed E-state index contributed by atoms with van der Waals surface area (Å²) >= 11 is 0. The third kappa shape index (κ3) is 12.3. The van der Waals surface area contributed by atoms with Gasteiger partial charge in [-0.15, -0.1) is 0 Å². The fourth-order valence-corrected chi connectivity index (χ4v) is 5.26. The molecule has 1 saturated carbocycles. The van der Waals surface area contributed by atoms with Gasteiger partial charge in [0.15, 0.2) is 0 Å². The number of phenolic OH excluding ortho intramolecular Hbond substituents is 2. The molecule has 9 heteroatoms. The summed E-state index contributed by atoms with van der Waals surface area (Å²) in [6, 6.07) is 8.54. The number of rotatable bonds is 8. The maximum Gasteiger partial charge on any atom is 0.414 e. The second-order valence-electron chi connectivity index (χ2n) is 13.9. The summed E-state index contributed by atoms with van der Waals surface area (Å²) in [6.45, 7) is 17.2.